The van der Waals surface area contributed by atoms with Crippen LogP contribution in [0.1, 0.15) is 10.4 Å². The van der Waals surface area contributed by atoms with E-state index in [1.807, 2.05) is 0 Å². The summed E-state index contributed by atoms with van der Waals surface area (Å²) < 4.78 is 50.4. The number of benzene rings is 2. The number of hydrogen-bond donors (Lipinski definition) is 0. The number of esters is 1. The molecule has 138 valence electrons. The molecule has 2 aromatic rings. The molecule has 26 heavy (non-hydrogen) atoms. The van der Waals surface area contributed by atoms with Crippen molar-refractivity contribution in [2.45, 2.75) is 4.90 Å². The molecule has 0 aromatic heterocycles. The van der Waals surface area contributed by atoms with E-state index in [2.05, 4.69) is 11.3 Å². The van der Waals surface area contributed by atoms with Crippen LogP contribution < -0.4 is 9.04 Å². The van der Waals surface area contributed by atoms with Crippen molar-refractivity contribution >= 4 is 21.7 Å². The number of halogens is 1. The number of hydrogen-bond acceptors (Lipinski definition) is 5. The first kappa shape index (κ1) is 19.5. The highest BCUT2D eigenvalue weighted by molar-refractivity contribution is 7.92. The molecule has 0 atom stereocenters. The third-order valence-corrected chi connectivity index (χ3v) is 5.35. The molecule has 0 spiro atoms. The van der Waals surface area contributed by atoms with E-state index in [1.165, 1.54) is 56.7 Å². The number of sulfonamides is 1. The van der Waals surface area contributed by atoms with Crippen molar-refractivity contribution in [3.63, 3.8) is 0 Å². The number of methoxy groups -OCH3 is 2. The Kier molecular flexibility index (Phi) is 5.99. The topological polar surface area (TPSA) is 72.9 Å². The SMILES string of the molecule is C=CCN(c1cccc(C(=O)OC)c1)S(=O)(=O)c1ccc(OC)c(F)c1. The maximum atomic E-state index is 14.0. The van der Waals surface area contributed by atoms with Crippen LogP contribution in [0.15, 0.2) is 60.0 Å². The largest absolute Gasteiger partial charge is 0.494 e. The molecule has 0 aliphatic rings. The predicted molar refractivity (Wildman–Crippen MR) is 95.5 cm³/mol. The molecule has 2 aromatic carbocycles. The Hall–Kier alpha value is -2.87. The van der Waals surface area contributed by atoms with Crippen LogP contribution in [0.25, 0.3) is 0 Å². The lowest BCUT2D eigenvalue weighted by Gasteiger charge is -2.23. The summed E-state index contributed by atoms with van der Waals surface area (Å²) in [5.41, 5.74) is 0.416. The van der Waals surface area contributed by atoms with E-state index >= 15 is 0 Å². The highest BCUT2D eigenvalue weighted by Crippen LogP contribution is 2.27. The minimum atomic E-state index is -4.10. The molecule has 0 aliphatic carbocycles. The summed E-state index contributed by atoms with van der Waals surface area (Å²) in [5, 5.41) is 0. The average Bonchev–Trinajstić information content (AvgIpc) is 2.65. The smallest absolute Gasteiger partial charge is 0.337 e. The van der Waals surface area contributed by atoms with Crippen molar-refractivity contribution in [1.82, 2.24) is 0 Å². The summed E-state index contributed by atoms with van der Waals surface area (Å²) in [4.78, 5) is 11.5. The van der Waals surface area contributed by atoms with Gasteiger partial charge in [0.2, 0.25) is 0 Å². The maximum Gasteiger partial charge on any atom is 0.337 e. The van der Waals surface area contributed by atoms with Gasteiger partial charge in [-0.2, -0.15) is 0 Å². The van der Waals surface area contributed by atoms with Crippen molar-refractivity contribution < 1.29 is 27.1 Å². The Morgan fingerprint density at radius 2 is 1.96 bits per heavy atom. The van der Waals surface area contributed by atoms with Crippen molar-refractivity contribution in [3.05, 3.63) is 66.5 Å². The van der Waals surface area contributed by atoms with Gasteiger partial charge in [0.05, 0.1) is 36.9 Å². The standard InChI is InChI=1S/C18H18FNO5S/c1-4-10-20(14-7-5-6-13(11-14)18(21)25-3)26(22,23)15-8-9-17(24-2)16(19)12-15/h4-9,11-12H,1,10H2,2-3H3. The van der Waals surface area contributed by atoms with Crippen LogP contribution in [0.2, 0.25) is 0 Å². The molecule has 0 amide bonds. The van der Waals surface area contributed by atoms with E-state index in [4.69, 9.17) is 4.74 Å². The molecule has 0 aliphatic heterocycles. The van der Waals surface area contributed by atoms with Gasteiger partial charge in [0.15, 0.2) is 11.6 Å². The molecule has 0 saturated heterocycles. The molecule has 0 bridgehead atoms. The van der Waals surface area contributed by atoms with E-state index in [0.29, 0.717) is 0 Å². The number of nitrogens with zero attached hydrogens (tertiary/aromatic N) is 1. The van der Waals surface area contributed by atoms with Crippen LogP contribution in [0.3, 0.4) is 0 Å². The number of carbonyl (C=O) groups is 1. The Bertz CT molecular complexity index is 927. The number of anilines is 1. The lowest BCUT2D eigenvalue weighted by atomic mass is 10.2. The first-order chi connectivity index (χ1) is 12.3. The first-order valence-electron chi connectivity index (χ1n) is 7.50. The summed E-state index contributed by atoms with van der Waals surface area (Å²) in [6, 6.07) is 9.30. The van der Waals surface area contributed by atoms with E-state index < -0.39 is 21.8 Å². The fourth-order valence-electron chi connectivity index (χ4n) is 2.30. The summed E-state index contributed by atoms with van der Waals surface area (Å²) in [6.07, 6.45) is 1.39. The van der Waals surface area contributed by atoms with Gasteiger partial charge in [-0.1, -0.05) is 12.1 Å². The number of rotatable bonds is 7. The van der Waals surface area contributed by atoms with Crippen LogP contribution in [-0.4, -0.2) is 35.2 Å². The molecule has 0 fully saturated rings. The molecule has 2 rings (SSSR count). The minimum Gasteiger partial charge on any atom is -0.494 e. The zero-order valence-electron chi connectivity index (χ0n) is 14.3. The van der Waals surface area contributed by atoms with Crippen molar-refractivity contribution in [2.75, 3.05) is 25.1 Å². The van der Waals surface area contributed by atoms with Crippen molar-refractivity contribution in [3.8, 4) is 5.75 Å². The monoisotopic (exact) mass is 379 g/mol. The van der Waals surface area contributed by atoms with E-state index in [0.717, 1.165) is 10.4 Å². The fraction of sp³-hybridized carbons (Fsp3) is 0.167. The lowest BCUT2D eigenvalue weighted by molar-refractivity contribution is 0.0600. The van der Waals surface area contributed by atoms with Gasteiger partial charge in [-0.15, -0.1) is 6.58 Å². The summed E-state index contributed by atoms with van der Waals surface area (Å²) in [6.45, 7) is 3.49. The third kappa shape index (κ3) is 3.85. The van der Waals surface area contributed by atoms with Gasteiger partial charge >= 0.3 is 5.97 Å². The second-order valence-electron chi connectivity index (χ2n) is 5.16. The molecule has 8 heteroatoms. The van der Waals surface area contributed by atoms with Gasteiger partial charge in [0, 0.05) is 0 Å². The summed E-state index contributed by atoms with van der Waals surface area (Å²) >= 11 is 0. The lowest BCUT2D eigenvalue weighted by Crippen LogP contribution is -2.31. The normalized spacial score (nSPS) is 10.9. The highest BCUT2D eigenvalue weighted by Gasteiger charge is 2.26. The highest BCUT2D eigenvalue weighted by atomic mass is 32.2. The van der Waals surface area contributed by atoms with Gasteiger partial charge in [-0.3, -0.25) is 4.31 Å². The molecule has 0 unspecified atom stereocenters. The average molecular weight is 379 g/mol. The molecule has 0 heterocycles. The fourth-order valence-corrected chi connectivity index (χ4v) is 3.74. The number of ether oxygens (including phenoxy) is 2. The molecular weight excluding hydrogens is 361 g/mol. The zero-order chi connectivity index (χ0) is 19.3. The predicted octanol–water partition coefficient (Wildman–Crippen LogP) is 3.00. The van der Waals surface area contributed by atoms with E-state index in [1.54, 1.807) is 0 Å². The summed E-state index contributed by atoms with van der Waals surface area (Å²) in [5.74, 6) is -1.46. The second kappa shape index (κ2) is 8.01. The van der Waals surface area contributed by atoms with Crippen LogP contribution in [0.4, 0.5) is 10.1 Å². The minimum absolute atomic E-state index is 0.0630. The van der Waals surface area contributed by atoms with Crippen LogP contribution in [0, 0.1) is 5.82 Å². The molecule has 0 saturated carbocycles. The van der Waals surface area contributed by atoms with Crippen molar-refractivity contribution in [2.24, 2.45) is 0 Å². The molecule has 0 radical (unpaired) electrons. The molecule has 6 nitrogen and oxygen atoms in total. The van der Waals surface area contributed by atoms with Crippen LogP contribution in [0.5, 0.6) is 5.75 Å². The van der Waals surface area contributed by atoms with Gasteiger partial charge in [0.1, 0.15) is 0 Å². The van der Waals surface area contributed by atoms with Crippen molar-refractivity contribution in [1.29, 1.82) is 0 Å². The van der Waals surface area contributed by atoms with Crippen LogP contribution in [-0.2, 0) is 14.8 Å². The maximum absolute atomic E-state index is 14.0. The quantitative estimate of drug-likeness (QED) is 0.546. The first-order valence-corrected chi connectivity index (χ1v) is 8.94. The van der Waals surface area contributed by atoms with Gasteiger partial charge in [-0.05, 0) is 36.4 Å². The van der Waals surface area contributed by atoms with E-state index in [-0.39, 0.29) is 28.4 Å². The molecule has 0 N–H and O–H groups in total. The Labute approximate surface area is 151 Å². The third-order valence-electron chi connectivity index (χ3n) is 3.56. The van der Waals surface area contributed by atoms with E-state index in [9.17, 15) is 17.6 Å². The Balaban J connectivity index is 2.53. The molecular formula is C18H18FNO5S. The number of carbonyl (C=O) groups excluding carboxylic acids is 1. The summed E-state index contributed by atoms with van der Waals surface area (Å²) in [7, 11) is -1.58. The van der Waals surface area contributed by atoms with Gasteiger partial charge in [-0.25, -0.2) is 17.6 Å². The van der Waals surface area contributed by atoms with Crippen LogP contribution >= 0.6 is 0 Å². The van der Waals surface area contributed by atoms with Gasteiger partial charge in [0.25, 0.3) is 10.0 Å². The Morgan fingerprint density at radius 1 is 1.23 bits per heavy atom. The second-order valence-corrected chi connectivity index (χ2v) is 7.03. The van der Waals surface area contributed by atoms with Gasteiger partial charge < -0.3 is 9.47 Å². The zero-order valence-corrected chi connectivity index (χ0v) is 15.1. The Morgan fingerprint density at radius 3 is 2.54 bits per heavy atom.